The number of carbonyl (C=O) groups excluding carboxylic acids is 4. The lowest BCUT2D eigenvalue weighted by Crippen LogP contribution is -2.28. The van der Waals surface area contributed by atoms with E-state index in [1.54, 1.807) is 62.4 Å². The molecule has 2 aromatic carbocycles. The van der Waals surface area contributed by atoms with E-state index in [4.69, 9.17) is 14.2 Å². The van der Waals surface area contributed by atoms with Gasteiger partial charge >= 0.3 is 11.9 Å². The highest BCUT2D eigenvalue weighted by atomic mass is 16.5. The van der Waals surface area contributed by atoms with Gasteiger partial charge in [-0.2, -0.15) is 0 Å². The number of ether oxygens (including phenoxy) is 3. The van der Waals surface area contributed by atoms with Crippen LogP contribution in [0, 0.1) is 5.92 Å². The number of nitrogens with one attached hydrogen (secondary N) is 1. The van der Waals surface area contributed by atoms with Gasteiger partial charge in [-0.25, -0.2) is 4.79 Å². The van der Waals surface area contributed by atoms with Gasteiger partial charge in [-0.3, -0.25) is 14.4 Å². The Kier molecular flexibility index (Phi) is 7.66. The largest absolute Gasteiger partial charge is 0.497 e. The highest BCUT2D eigenvalue weighted by molar-refractivity contribution is 6.00. The molecule has 1 saturated heterocycles. The third-order valence-electron chi connectivity index (χ3n) is 4.91. The van der Waals surface area contributed by atoms with Crippen LogP contribution in [0.4, 0.5) is 11.4 Å². The van der Waals surface area contributed by atoms with Crippen molar-refractivity contribution in [2.45, 2.75) is 26.4 Å². The highest BCUT2D eigenvalue weighted by Gasteiger charge is 2.36. The van der Waals surface area contributed by atoms with Gasteiger partial charge < -0.3 is 24.4 Å². The Morgan fingerprint density at radius 1 is 1.12 bits per heavy atom. The van der Waals surface area contributed by atoms with Crippen molar-refractivity contribution in [3.63, 3.8) is 0 Å². The first-order chi connectivity index (χ1) is 15.8. The molecular weight excluding hydrogens is 428 g/mol. The molecule has 0 aromatic heterocycles. The number of rotatable bonds is 8. The number of anilines is 2. The minimum atomic E-state index is -0.687. The first-order valence-electron chi connectivity index (χ1n) is 10.5. The van der Waals surface area contributed by atoms with Crippen LogP contribution < -0.4 is 15.0 Å². The van der Waals surface area contributed by atoms with E-state index in [2.05, 4.69) is 5.32 Å². The van der Waals surface area contributed by atoms with Crippen LogP contribution in [0.1, 0.15) is 30.6 Å². The van der Waals surface area contributed by atoms with Crippen molar-refractivity contribution >= 4 is 35.1 Å². The standard InChI is InChI=1S/C24H26N2O7/c1-15(2)33-24(30)16-7-9-19(10-8-16)26-13-17(11-22(26)28)23(29)32-14-21(27)25-18-5-4-6-20(12-18)31-3/h4-10,12,15,17H,11,13-14H2,1-3H3,(H,25,27)/t17-/m0/s1. The van der Waals surface area contributed by atoms with Crippen LogP contribution in [0.3, 0.4) is 0 Å². The van der Waals surface area contributed by atoms with Gasteiger partial charge in [0.2, 0.25) is 5.91 Å². The smallest absolute Gasteiger partial charge is 0.338 e. The van der Waals surface area contributed by atoms with Crippen molar-refractivity contribution in [1.82, 2.24) is 0 Å². The van der Waals surface area contributed by atoms with E-state index in [0.717, 1.165) is 0 Å². The Morgan fingerprint density at radius 2 is 1.85 bits per heavy atom. The van der Waals surface area contributed by atoms with Gasteiger partial charge in [0, 0.05) is 30.4 Å². The molecule has 1 aliphatic heterocycles. The number of esters is 2. The van der Waals surface area contributed by atoms with Crippen molar-refractivity contribution in [2.75, 3.05) is 30.5 Å². The summed E-state index contributed by atoms with van der Waals surface area (Å²) < 4.78 is 15.4. The van der Waals surface area contributed by atoms with E-state index in [9.17, 15) is 19.2 Å². The van der Waals surface area contributed by atoms with Crippen LogP contribution in [0.25, 0.3) is 0 Å². The van der Waals surface area contributed by atoms with E-state index < -0.39 is 30.4 Å². The summed E-state index contributed by atoms with van der Waals surface area (Å²) in [6.07, 6.45) is -0.255. The maximum atomic E-state index is 12.4. The van der Waals surface area contributed by atoms with E-state index in [0.29, 0.717) is 22.7 Å². The molecule has 1 N–H and O–H groups in total. The zero-order chi connectivity index (χ0) is 24.0. The molecule has 1 aliphatic rings. The molecular formula is C24H26N2O7. The first kappa shape index (κ1) is 23.8. The second kappa shape index (κ2) is 10.6. The van der Waals surface area contributed by atoms with Crippen LogP contribution in [0.15, 0.2) is 48.5 Å². The van der Waals surface area contributed by atoms with Crippen LogP contribution in [0.2, 0.25) is 0 Å². The number of nitrogens with zero attached hydrogens (tertiary/aromatic N) is 1. The van der Waals surface area contributed by atoms with Gasteiger partial charge in [0.15, 0.2) is 6.61 Å². The van der Waals surface area contributed by atoms with Crippen molar-refractivity contribution in [3.05, 3.63) is 54.1 Å². The number of hydrogen-bond acceptors (Lipinski definition) is 7. The lowest BCUT2D eigenvalue weighted by Gasteiger charge is -2.17. The van der Waals surface area contributed by atoms with Crippen LogP contribution in [0.5, 0.6) is 5.75 Å². The summed E-state index contributed by atoms with van der Waals surface area (Å²) in [5.74, 6) is -1.91. The minimum Gasteiger partial charge on any atom is -0.497 e. The molecule has 9 heteroatoms. The van der Waals surface area contributed by atoms with Gasteiger partial charge in [-0.15, -0.1) is 0 Å². The minimum absolute atomic E-state index is 0.0204. The zero-order valence-electron chi connectivity index (χ0n) is 18.7. The SMILES string of the molecule is COc1cccc(NC(=O)COC(=O)[C@H]2CC(=O)N(c3ccc(C(=O)OC(C)C)cc3)C2)c1. The topological polar surface area (TPSA) is 111 Å². The molecule has 0 radical (unpaired) electrons. The lowest BCUT2D eigenvalue weighted by molar-refractivity contribution is -0.151. The summed E-state index contributed by atoms with van der Waals surface area (Å²) in [6.45, 7) is 3.19. The van der Waals surface area contributed by atoms with Crippen LogP contribution in [-0.4, -0.2) is 50.1 Å². The summed E-state index contributed by atoms with van der Waals surface area (Å²) in [7, 11) is 1.52. The number of carbonyl (C=O) groups is 4. The molecule has 0 aliphatic carbocycles. The normalized spacial score (nSPS) is 15.3. The molecule has 174 valence electrons. The number of amides is 2. The van der Waals surface area contributed by atoms with Gasteiger partial charge in [-0.05, 0) is 50.2 Å². The molecule has 0 bridgehead atoms. The molecule has 1 atom stereocenters. The molecule has 1 fully saturated rings. The van der Waals surface area contributed by atoms with Crippen molar-refractivity contribution in [2.24, 2.45) is 5.92 Å². The summed E-state index contributed by atoms with van der Waals surface area (Å²) >= 11 is 0. The maximum absolute atomic E-state index is 12.4. The average Bonchev–Trinajstić information content (AvgIpc) is 3.19. The summed E-state index contributed by atoms with van der Waals surface area (Å²) in [4.78, 5) is 50.4. The second-order valence-corrected chi connectivity index (χ2v) is 7.79. The Labute approximate surface area is 191 Å². The van der Waals surface area contributed by atoms with Crippen LogP contribution in [-0.2, 0) is 23.9 Å². The van der Waals surface area contributed by atoms with Crippen molar-refractivity contribution in [1.29, 1.82) is 0 Å². The molecule has 0 unspecified atom stereocenters. The van der Waals surface area contributed by atoms with Gasteiger partial charge in [0.05, 0.1) is 24.7 Å². The van der Waals surface area contributed by atoms with Gasteiger partial charge in [0.1, 0.15) is 5.75 Å². The highest BCUT2D eigenvalue weighted by Crippen LogP contribution is 2.26. The molecule has 9 nitrogen and oxygen atoms in total. The Balaban J connectivity index is 1.52. The molecule has 3 rings (SSSR count). The van der Waals surface area contributed by atoms with E-state index >= 15 is 0 Å². The van der Waals surface area contributed by atoms with Gasteiger partial charge in [-0.1, -0.05) is 6.07 Å². The van der Waals surface area contributed by atoms with Crippen molar-refractivity contribution in [3.8, 4) is 5.75 Å². The van der Waals surface area contributed by atoms with E-state index in [1.807, 2.05) is 0 Å². The third kappa shape index (κ3) is 6.31. The second-order valence-electron chi connectivity index (χ2n) is 7.79. The molecule has 33 heavy (non-hydrogen) atoms. The number of benzene rings is 2. The summed E-state index contributed by atoms with van der Waals surface area (Å²) in [6, 6.07) is 13.2. The monoisotopic (exact) mass is 454 g/mol. The lowest BCUT2D eigenvalue weighted by atomic mass is 10.1. The fourth-order valence-corrected chi connectivity index (χ4v) is 3.33. The van der Waals surface area contributed by atoms with E-state index in [-0.39, 0.29) is 25.0 Å². The predicted octanol–water partition coefficient (Wildman–Crippen LogP) is 2.80. The first-order valence-corrected chi connectivity index (χ1v) is 10.5. The molecule has 1 heterocycles. The molecule has 2 amide bonds. The average molecular weight is 454 g/mol. The van der Waals surface area contributed by atoms with E-state index in [1.165, 1.54) is 12.0 Å². The zero-order valence-corrected chi connectivity index (χ0v) is 18.7. The Bertz CT molecular complexity index is 1030. The number of methoxy groups -OCH3 is 1. The maximum Gasteiger partial charge on any atom is 0.338 e. The number of hydrogen-bond donors (Lipinski definition) is 1. The quantitative estimate of drug-likeness (QED) is 0.611. The predicted molar refractivity (Wildman–Crippen MR) is 120 cm³/mol. The third-order valence-corrected chi connectivity index (χ3v) is 4.91. The fourth-order valence-electron chi connectivity index (χ4n) is 3.33. The molecule has 0 spiro atoms. The summed E-state index contributed by atoms with van der Waals surface area (Å²) in [5, 5.41) is 2.62. The molecule has 2 aromatic rings. The Hall–Kier alpha value is -3.88. The Morgan fingerprint density at radius 3 is 2.52 bits per heavy atom. The van der Waals surface area contributed by atoms with Crippen molar-refractivity contribution < 1.29 is 33.4 Å². The molecule has 0 saturated carbocycles. The van der Waals surface area contributed by atoms with Crippen LogP contribution >= 0.6 is 0 Å². The van der Waals surface area contributed by atoms with Gasteiger partial charge in [0.25, 0.3) is 5.91 Å². The summed E-state index contributed by atoms with van der Waals surface area (Å²) in [5.41, 5.74) is 1.45. The fraction of sp³-hybridized carbons (Fsp3) is 0.333.